The summed E-state index contributed by atoms with van der Waals surface area (Å²) in [6.07, 6.45) is 8.80. The van der Waals surface area contributed by atoms with Crippen LogP contribution in [0.15, 0.2) is 36.5 Å². The van der Waals surface area contributed by atoms with Crippen LogP contribution in [0, 0.1) is 12.8 Å². The minimum absolute atomic E-state index is 0.0528. The van der Waals surface area contributed by atoms with Crippen LogP contribution >= 0.6 is 11.3 Å². The van der Waals surface area contributed by atoms with Crippen molar-refractivity contribution in [3.63, 3.8) is 0 Å². The summed E-state index contributed by atoms with van der Waals surface area (Å²) >= 11 is 1.66. The second kappa shape index (κ2) is 8.86. The Balaban J connectivity index is 1.25. The van der Waals surface area contributed by atoms with Crippen molar-refractivity contribution in [3.05, 3.63) is 42.2 Å². The van der Waals surface area contributed by atoms with Gasteiger partial charge in [-0.1, -0.05) is 42.4 Å². The maximum absolute atomic E-state index is 13.1. The lowest BCUT2D eigenvalue weighted by molar-refractivity contribution is 0.146. The molecule has 0 aliphatic carbocycles. The molecule has 1 aromatic carbocycles. The zero-order chi connectivity index (χ0) is 21.2. The number of aromatic nitrogens is 3. The van der Waals surface area contributed by atoms with Crippen molar-refractivity contribution in [2.45, 2.75) is 51.5 Å². The molecule has 8 heteroatoms. The molecule has 1 unspecified atom stereocenters. The minimum Gasteiger partial charge on any atom is -0.347 e. The highest BCUT2D eigenvalue weighted by Gasteiger charge is 2.34. The normalized spacial score (nSPS) is 20.7. The third kappa shape index (κ3) is 4.39. The van der Waals surface area contributed by atoms with E-state index >= 15 is 0 Å². The Hall–Kier alpha value is -2.61. The van der Waals surface area contributed by atoms with E-state index < -0.39 is 0 Å². The molecular weight excluding hydrogens is 408 g/mol. The second-order valence-electron chi connectivity index (χ2n) is 8.72. The van der Waals surface area contributed by atoms with E-state index in [2.05, 4.69) is 20.1 Å². The van der Waals surface area contributed by atoms with Gasteiger partial charge in [-0.05, 0) is 50.7 Å². The van der Waals surface area contributed by atoms with Crippen LogP contribution in [0.1, 0.15) is 44.2 Å². The van der Waals surface area contributed by atoms with E-state index in [1.165, 1.54) is 12.8 Å². The number of likely N-dealkylation sites (tertiary alicyclic amines) is 1. The van der Waals surface area contributed by atoms with E-state index in [0.29, 0.717) is 12.0 Å². The van der Waals surface area contributed by atoms with Gasteiger partial charge < -0.3 is 15.1 Å². The fourth-order valence-electron chi connectivity index (χ4n) is 5.00. The lowest BCUT2D eigenvalue weighted by Crippen LogP contribution is -2.49. The van der Waals surface area contributed by atoms with Gasteiger partial charge in [0.25, 0.3) is 0 Å². The molecule has 1 atom stereocenters. The van der Waals surface area contributed by atoms with Crippen LogP contribution in [0.25, 0.3) is 4.96 Å². The first-order valence-electron chi connectivity index (χ1n) is 11.4. The predicted molar refractivity (Wildman–Crippen MR) is 125 cm³/mol. The van der Waals surface area contributed by atoms with Crippen LogP contribution in [-0.2, 0) is 0 Å². The van der Waals surface area contributed by atoms with Crippen LogP contribution < -0.4 is 10.2 Å². The first-order chi connectivity index (χ1) is 15.2. The first-order valence-corrected chi connectivity index (χ1v) is 12.2. The van der Waals surface area contributed by atoms with Crippen molar-refractivity contribution in [2.75, 3.05) is 29.9 Å². The number of piperidine rings is 1. The number of para-hydroxylation sites is 1. The molecule has 3 aromatic rings. The van der Waals surface area contributed by atoms with E-state index in [4.69, 9.17) is 5.10 Å². The summed E-state index contributed by atoms with van der Waals surface area (Å²) in [5.74, 6) is 0.544. The molecule has 2 amide bonds. The molecule has 7 nitrogen and oxygen atoms in total. The average molecular weight is 439 g/mol. The number of carbonyl (C=O) groups is 1. The van der Waals surface area contributed by atoms with Gasteiger partial charge in [-0.25, -0.2) is 14.3 Å². The van der Waals surface area contributed by atoms with Crippen LogP contribution in [-0.4, -0.2) is 51.2 Å². The number of imidazole rings is 1. The molecule has 0 saturated carbocycles. The number of urea groups is 1. The Morgan fingerprint density at radius 1 is 1.06 bits per heavy atom. The topological polar surface area (TPSA) is 65.8 Å². The van der Waals surface area contributed by atoms with Crippen molar-refractivity contribution >= 4 is 33.1 Å². The highest BCUT2D eigenvalue weighted by molar-refractivity contribution is 7.20. The van der Waals surface area contributed by atoms with Crippen LogP contribution in [0.5, 0.6) is 0 Å². The standard InChI is InChI=1S/C23H30N6OS/c1-17-16-29-22(24-17)31-23(26-29)27-14-11-18(12-15-27)20-10-6-3-7-13-28(20)21(30)25-19-8-4-2-5-9-19/h2,4-5,8-9,16,18,20H,3,6-7,10-15H2,1H3,(H,25,30). The van der Waals surface area contributed by atoms with Crippen LogP contribution in [0.3, 0.4) is 0 Å². The highest BCUT2D eigenvalue weighted by atomic mass is 32.1. The number of benzene rings is 1. The number of fused-ring (bicyclic) bond motifs is 1. The number of carbonyl (C=O) groups excluding carboxylic acids is 1. The number of rotatable bonds is 3. The number of amides is 2. The Morgan fingerprint density at radius 2 is 1.87 bits per heavy atom. The van der Waals surface area contributed by atoms with Gasteiger partial charge in [-0.3, -0.25) is 0 Å². The Morgan fingerprint density at radius 3 is 2.65 bits per heavy atom. The number of aryl methyl sites for hydroxylation is 1. The number of nitrogens with one attached hydrogen (secondary N) is 1. The first kappa shape index (κ1) is 20.3. The van der Waals surface area contributed by atoms with Gasteiger partial charge in [-0.2, -0.15) is 0 Å². The Bertz CT molecular complexity index is 992. The molecule has 0 spiro atoms. The highest BCUT2D eigenvalue weighted by Crippen LogP contribution is 2.33. The summed E-state index contributed by atoms with van der Waals surface area (Å²) in [5.41, 5.74) is 1.88. The van der Waals surface area contributed by atoms with Crippen LogP contribution in [0.4, 0.5) is 15.6 Å². The summed E-state index contributed by atoms with van der Waals surface area (Å²) < 4.78 is 1.89. The lowest BCUT2D eigenvalue weighted by atomic mass is 9.86. The molecule has 31 heavy (non-hydrogen) atoms. The summed E-state index contributed by atoms with van der Waals surface area (Å²) in [7, 11) is 0. The molecule has 1 N–H and O–H groups in total. The lowest BCUT2D eigenvalue weighted by Gasteiger charge is -2.40. The number of nitrogens with zero attached hydrogens (tertiary/aromatic N) is 5. The van der Waals surface area contributed by atoms with Gasteiger partial charge in [0.15, 0.2) is 0 Å². The third-order valence-corrected chi connectivity index (χ3v) is 7.58. The largest absolute Gasteiger partial charge is 0.347 e. The van der Waals surface area contributed by atoms with E-state index in [0.717, 1.165) is 66.8 Å². The SMILES string of the molecule is Cc1cn2nc(N3CCC(C4CCCCCN4C(=O)Nc4ccccc4)CC3)sc2n1. The Labute approximate surface area is 187 Å². The molecule has 2 aliphatic rings. The van der Waals surface area contributed by atoms with E-state index in [1.54, 1.807) is 11.3 Å². The maximum atomic E-state index is 13.1. The molecule has 0 radical (unpaired) electrons. The third-order valence-electron chi connectivity index (χ3n) is 6.59. The molecule has 2 aromatic heterocycles. The van der Waals surface area contributed by atoms with E-state index in [1.807, 2.05) is 48.0 Å². The predicted octanol–water partition coefficient (Wildman–Crippen LogP) is 4.79. The molecule has 4 heterocycles. The maximum Gasteiger partial charge on any atom is 0.322 e. The molecule has 0 bridgehead atoms. The summed E-state index contributed by atoms with van der Waals surface area (Å²) in [6.45, 7) is 4.83. The van der Waals surface area contributed by atoms with Crippen molar-refractivity contribution in [2.24, 2.45) is 5.92 Å². The zero-order valence-corrected chi connectivity index (χ0v) is 18.9. The van der Waals surface area contributed by atoms with Gasteiger partial charge >= 0.3 is 6.03 Å². The second-order valence-corrected chi connectivity index (χ2v) is 9.66. The molecular formula is C23H30N6OS. The molecule has 2 fully saturated rings. The fourth-order valence-corrected chi connectivity index (χ4v) is 5.98. The monoisotopic (exact) mass is 438 g/mol. The molecule has 2 saturated heterocycles. The zero-order valence-electron chi connectivity index (χ0n) is 18.0. The minimum atomic E-state index is 0.0528. The number of anilines is 2. The summed E-state index contributed by atoms with van der Waals surface area (Å²) in [4.78, 5) is 23.1. The number of hydrogen-bond acceptors (Lipinski definition) is 5. The van der Waals surface area contributed by atoms with Crippen molar-refractivity contribution in [3.8, 4) is 0 Å². The smallest absolute Gasteiger partial charge is 0.322 e. The molecule has 5 rings (SSSR count). The van der Waals surface area contributed by atoms with Crippen molar-refractivity contribution < 1.29 is 4.79 Å². The molecule has 2 aliphatic heterocycles. The van der Waals surface area contributed by atoms with Gasteiger partial charge in [0.05, 0.1) is 11.9 Å². The van der Waals surface area contributed by atoms with Crippen LogP contribution in [0.2, 0.25) is 0 Å². The summed E-state index contributed by atoms with van der Waals surface area (Å²) in [5, 5.41) is 8.90. The summed E-state index contributed by atoms with van der Waals surface area (Å²) in [6, 6.07) is 10.2. The van der Waals surface area contributed by atoms with Crippen molar-refractivity contribution in [1.29, 1.82) is 0 Å². The van der Waals surface area contributed by atoms with E-state index in [-0.39, 0.29) is 6.03 Å². The van der Waals surface area contributed by atoms with Gasteiger partial charge in [0.1, 0.15) is 0 Å². The fraction of sp³-hybridized carbons (Fsp3) is 0.522. The average Bonchev–Trinajstić information content (AvgIpc) is 3.21. The number of hydrogen-bond donors (Lipinski definition) is 1. The van der Waals surface area contributed by atoms with Gasteiger partial charge in [0.2, 0.25) is 10.1 Å². The van der Waals surface area contributed by atoms with E-state index in [9.17, 15) is 4.79 Å². The quantitative estimate of drug-likeness (QED) is 0.638. The van der Waals surface area contributed by atoms with Crippen molar-refractivity contribution in [1.82, 2.24) is 19.5 Å². The Kier molecular flexibility index (Phi) is 5.80. The molecule has 164 valence electrons. The van der Waals surface area contributed by atoms with Gasteiger partial charge in [0, 0.05) is 31.4 Å². The van der Waals surface area contributed by atoms with Gasteiger partial charge in [-0.15, -0.1) is 5.10 Å².